The van der Waals surface area contributed by atoms with Gasteiger partial charge >= 0.3 is 0 Å². The Bertz CT molecular complexity index is 1220. The van der Waals surface area contributed by atoms with Crippen LogP contribution in [-0.2, 0) is 0 Å². The molecular formula is C24H15BrO. The van der Waals surface area contributed by atoms with Gasteiger partial charge in [0.2, 0.25) is 0 Å². The van der Waals surface area contributed by atoms with E-state index < -0.39 is 0 Å². The monoisotopic (exact) mass is 398 g/mol. The van der Waals surface area contributed by atoms with Gasteiger partial charge in [-0.25, -0.2) is 0 Å². The molecule has 1 aromatic heterocycles. The fraction of sp³-hybridized carbons (Fsp3) is 0. The second kappa shape index (κ2) is 6.15. The van der Waals surface area contributed by atoms with E-state index in [-0.39, 0.29) is 0 Å². The van der Waals surface area contributed by atoms with Gasteiger partial charge < -0.3 is 4.42 Å². The van der Waals surface area contributed by atoms with Crippen LogP contribution in [0, 0.1) is 0 Å². The number of hydrogen-bond acceptors (Lipinski definition) is 1. The lowest BCUT2D eigenvalue weighted by Gasteiger charge is -2.05. The smallest absolute Gasteiger partial charge is 0.136 e. The van der Waals surface area contributed by atoms with E-state index in [2.05, 4.69) is 88.7 Å². The van der Waals surface area contributed by atoms with Gasteiger partial charge in [0.05, 0.1) is 0 Å². The van der Waals surface area contributed by atoms with Crippen LogP contribution in [0.25, 0.3) is 44.2 Å². The van der Waals surface area contributed by atoms with E-state index in [9.17, 15) is 0 Å². The van der Waals surface area contributed by atoms with Gasteiger partial charge in [0, 0.05) is 15.2 Å². The Morgan fingerprint density at radius 2 is 1.04 bits per heavy atom. The number of hydrogen-bond donors (Lipinski definition) is 0. The molecule has 5 rings (SSSR count). The van der Waals surface area contributed by atoms with E-state index in [1.165, 1.54) is 27.6 Å². The highest BCUT2D eigenvalue weighted by Gasteiger charge is 2.08. The van der Waals surface area contributed by atoms with Crippen molar-refractivity contribution < 1.29 is 4.42 Å². The summed E-state index contributed by atoms with van der Waals surface area (Å²) in [5.74, 6) is 0. The first kappa shape index (κ1) is 15.4. The summed E-state index contributed by atoms with van der Waals surface area (Å²) in [7, 11) is 0. The minimum absolute atomic E-state index is 0.931. The first-order valence-electron chi connectivity index (χ1n) is 8.56. The zero-order valence-electron chi connectivity index (χ0n) is 13.9. The number of halogens is 1. The molecule has 0 saturated heterocycles. The van der Waals surface area contributed by atoms with Crippen LogP contribution in [-0.4, -0.2) is 0 Å². The Morgan fingerprint density at radius 1 is 0.500 bits per heavy atom. The van der Waals surface area contributed by atoms with Crippen molar-refractivity contribution in [3.63, 3.8) is 0 Å². The summed E-state index contributed by atoms with van der Waals surface area (Å²) in [5, 5.41) is 2.33. The van der Waals surface area contributed by atoms with Crippen LogP contribution in [0.3, 0.4) is 0 Å². The first-order chi connectivity index (χ1) is 12.8. The Hall–Kier alpha value is -2.84. The average molecular weight is 399 g/mol. The molecule has 1 nitrogen and oxygen atoms in total. The standard InChI is InChI=1S/C24H15BrO/c25-20-12-9-17(10-13-20)16-5-7-18(8-6-16)19-11-14-22-21-3-1-2-4-23(21)26-24(22)15-19/h1-15H. The van der Waals surface area contributed by atoms with Crippen LogP contribution in [0.4, 0.5) is 0 Å². The molecule has 0 atom stereocenters. The predicted molar refractivity (Wildman–Crippen MR) is 112 cm³/mol. The summed E-state index contributed by atoms with van der Waals surface area (Å²) < 4.78 is 7.11. The Kier molecular flexibility index (Phi) is 3.65. The van der Waals surface area contributed by atoms with Crippen molar-refractivity contribution in [2.24, 2.45) is 0 Å². The number of furan rings is 1. The number of rotatable bonds is 2. The van der Waals surface area contributed by atoms with Gasteiger partial charge in [-0.15, -0.1) is 0 Å². The van der Waals surface area contributed by atoms with Crippen molar-refractivity contribution in [3.8, 4) is 22.3 Å². The third-order valence-electron chi connectivity index (χ3n) is 4.77. The maximum Gasteiger partial charge on any atom is 0.136 e. The molecule has 5 aromatic rings. The molecule has 2 heteroatoms. The van der Waals surface area contributed by atoms with Gasteiger partial charge in [-0.2, -0.15) is 0 Å². The molecule has 0 amide bonds. The highest BCUT2D eigenvalue weighted by molar-refractivity contribution is 9.10. The Labute approximate surface area is 160 Å². The van der Waals surface area contributed by atoms with Gasteiger partial charge in [-0.05, 0) is 52.6 Å². The second-order valence-electron chi connectivity index (χ2n) is 6.39. The lowest BCUT2D eigenvalue weighted by Crippen LogP contribution is -1.80. The van der Waals surface area contributed by atoms with Crippen LogP contribution in [0.1, 0.15) is 0 Å². The van der Waals surface area contributed by atoms with Crippen molar-refractivity contribution in [1.82, 2.24) is 0 Å². The first-order valence-corrected chi connectivity index (χ1v) is 9.35. The minimum atomic E-state index is 0.931. The zero-order valence-corrected chi connectivity index (χ0v) is 15.5. The number of para-hydroxylation sites is 1. The molecule has 0 bridgehead atoms. The van der Waals surface area contributed by atoms with Gasteiger partial charge in [-0.1, -0.05) is 76.6 Å². The van der Waals surface area contributed by atoms with E-state index in [1.54, 1.807) is 0 Å². The second-order valence-corrected chi connectivity index (χ2v) is 7.31. The molecule has 0 aliphatic heterocycles. The molecule has 0 spiro atoms. The van der Waals surface area contributed by atoms with E-state index in [4.69, 9.17) is 4.42 Å². The fourth-order valence-corrected chi connectivity index (χ4v) is 3.67. The van der Waals surface area contributed by atoms with Crippen LogP contribution in [0.15, 0.2) is 99.9 Å². The molecule has 124 valence electrons. The minimum Gasteiger partial charge on any atom is -0.456 e. The molecule has 0 unspecified atom stereocenters. The summed E-state index contributed by atoms with van der Waals surface area (Å²) in [6.07, 6.45) is 0. The van der Waals surface area contributed by atoms with E-state index in [0.29, 0.717) is 0 Å². The summed E-state index contributed by atoms with van der Waals surface area (Å²) in [5.41, 5.74) is 6.65. The molecule has 0 radical (unpaired) electrons. The normalized spacial score (nSPS) is 11.3. The largest absolute Gasteiger partial charge is 0.456 e. The van der Waals surface area contributed by atoms with Crippen LogP contribution in [0.5, 0.6) is 0 Å². The molecule has 0 aliphatic carbocycles. The summed E-state index contributed by atoms with van der Waals surface area (Å²) in [6.45, 7) is 0. The van der Waals surface area contributed by atoms with Gasteiger partial charge in [0.25, 0.3) is 0 Å². The molecule has 0 fully saturated rings. The summed E-state index contributed by atoms with van der Waals surface area (Å²) >= 11 is 3.48. The molecule has 0 aliphatic rings. The van der Waals surface area contributed by atoms with Crippen LogP contribution in [0.2, 0.25) is 0 Å². The molecule has 0 N–H and O–H groups in total. The maximum atomic E-state index is 6.01. The number of fused-ring (bicyclic) bond motifs is 3. The molecule has 26 heavy (non-hydrogen) atoms. The van der Waals surface area contributed by atoms with Crippen molar-refractivity contribution in [2.75, 3.05) is 0 Å². The van der Waals surface area contributed by atoms with Crippen LogP contribution >= 0.6 is 15.9 Å². The third kappa shape index (κ3) is 2.63. The predicted octanol–water partition coefficient (Wildman–Crippen LogP) is 7.68. The summed E-state index contributed by atoms with van der Waals surface area (Å²) in [6, 6.07) is 31.7. The van der Waals surface area contributed by atoms with E-state index >= 15 is 0 Å². The van der Waals surface area contributed by atoms with Crippen LogP contribution < -0.4 is 0 Å². The topological polar surface area (TPSA) is 13.1 Å². The molecule has 1 heterocycles. The van der Waals surface area contributed by atoms with Crippen molar-refractivity contribution >= 4 is 37.9 Å². The van der Waals surface area contributed by atoms with Crippen molar-refractivity contribution in [2.45, 2.75) is 0 Å². The quantitative estimate of drug-likeness (QED) is 0.297. The Morgan fingerprint density at radius 3 is 1.77 bits per heavy atom. The van der Waals surface area contributed by atoms with Gasteiger partial charge in [0.1, 0.15) is 11.2 Å². The lowest BCUT2D eigenvalue weighted by atomic mass is 9.99. The molecular weight excluding hydrogens is 384 g/mol. The highest BCUT2D eigenvalue weighted by Crippen LogP contribution is 2.32. The average Bonchev–Trinajstić information content (AvgIpc) is 3.06. The summed E-state index contributed by atoms with van der Waals surface area (Å²) in [4.78, 5) is 0. The lowest BCUT2D eigenvalue weighted by molar-refractivity contribution is 0.669. The fourth-order valence-electron chi connectivity index (χ4n) is 3.40. The maximum absolute atomic E-state index is 6.01. The highest BCUT2D eigenvalue weighted by atomic mass is 79.9. The Balaban J connectivity index is 1.54. The number of benzene rings is 4. The van der Waals surface area contributed by atoms with E-state index in [0.717, 1.165) is 21.0 Å². The van der Waals surface area contributed by atoms with Gasteiger partial charge in [-0.3, -0.25) is 0 Å². The zero-order chi connectivity index (χ0) is 17.5. The third-order valence-corrected chi connectivity index (χ3v) is 5.30. The van der Waals surface area contributed by atoms with E-state index in [1.807, 2.05) is 18.2 Å². The van der Waals surface area contributed by atoms with Crippen molar-refractivity contribution in [1.29, 1.82) is 0 Å². The molecule has 4 aromatic carbocycles. The van der Waals surface area contributed by atoms with Gasteiger partial charge in [0.15, 0.2) is 0 Å². The van der Waals surface area contributed by atoms with Crippen molar-refractivity contribution in [3.05, 3.63) is 95.5 Å². The molecule has 0 saturated carbocycles. The SMILES string of the molecule is Brc1ccc(-c2ccc(-c3ccc4c(c3)oc3ccccc34)cc2)cc1.